The van der Waals surface area contributed by atoms with Gasteiger partial charge in [-0.25, -0.2) is 23.0 Å². The van der Waals surface area contributed by atoms with E-state index in [9.17, 15) is 5.11 Å². The number of hydrazine groups is 1. The first kappa shape index (κ1) is 20.0. The first-order valence-electron chi connectivity index (χ1n) is 7.76. The minimum Gasteiger partial charge on any atom is -0.858 e. The SMILES string of the molecule is NN1C(c2ccccc2)=NN(C([O-])=C2C=CC=C2)C1S.[Fe+2].c1cc[cH-]c1. The summed E-state index contributed by atoms with van der Waals surface area (Å²) >= 11 is 4.35. The maximum atomic E-state index is 12.3. The van der Waals surface area contributed by atoms with Crippen LogP contribution in [0.3, 0.4) is 0 Å². The zero-order chi connectivity index (χ0) is 17.6. The molecule has 0 radical (unpaired) electrons. The van der Waals surface area contributed by atoms with Crippen LogP contribution in [0.25, 0.3) is 0 Å². The van der Waals surface area contributed by atoms with E-state index in [1.54, 1.807) is 24.3 Å². The molecule has 2 N–H and O–H groups in total. The van der Waals surface area contributed by atoms with Crippen LogP contribution in [0.15, 0.2) is 102 Å². The summed E-state index contributed by atoms with van der Waals surface area (Å²) in [7, 11) is 0. The third kappa shape index (κ3) is 4.45. The number of hydrazone groups is 1. The van der Waals surface area contributed by atoms with Crippen molar-refractivity contribution < 1.29 is 22.2 Å². The van der Waals surface area contributed by atoms with E-state index in [4.69, 9.17) is 5.84 Å². The number of hydrogen-bond donors (Lipinski definition) is 2. The standard InChI is InChI=1S/C14H14N4OS.C5H5.Fe/c15-17-12(10-6-2-1-3-7-10)16-18(14(17)20)13(19)11-8-4-5-9-11;1-2-4-5-3-1;/h1-9,14,19-20H,15H2;1-5H;/q;-1;+2/p-1. The van der Waals surface area contributed by atoms with Crippen molar-refractivity contribution in [3.05, 3.63) is 102 Å². The van der Waals surface area contributed by atoms with E-state index in [1.807, 2.05) is 60.7 Å². The molecule has 7 heteroatoms. The van der Waals surface area contributed by atoms with Crippen LogP contribution in [0.2, 0.25) is 0 Å². The minimum absolute atomic E-state index is 0. The van der Waals surface area contributed by atoms with Gasteiger partial charge in [0.05, 0.1) is 0 Å². The third-order valence-electron chi connectivity index (χ3n) is 3.62. The number of thiol groups is 1. The van der Waals surface area contributed by atoms with Gasteiger partial charge in [-0.05, 0) is 11.5 Å². The average molecular weight is 406 g/mol. The molecule has 1 aliphatic heterocycles. The zero-order valence-electron chi connectivity index (χ0n) is 13.8. The molecule has 2 aromatic rings. The van der Waals surface area contributed by atoms with Crippen LogP contribution in [-0.2, 0) is 17.1 Å². The van der Waals surface area contributed by atoms with Gasteiger partial charge < -0.3 is 5.11 Å². The molecule has 2 aliphatic rings. The van der Waals surface area contributed by atoms with Gasteiger partial charge in [-0.2, -0.15) is 23.3 Å². The summed E-state index contributed by atoms with van der Waals surface area (Å²) in [5, 5.41) is 19.3. The van der Waals surface area contributed by atoms with E-state index < -0.39 is 5.50 Å². The summed E-state index contributed by atoms with van der Waals surface area (Å²) < 4.78 is 0. The number of allylic oxidation sites excluding steroid dienone is 5. The number of nitrogens with two attached hydrogens (primary N) is 1. The van der Waals surface area contributed by atoms with E-state index in [1.165, 1.54) is 10.0 Å². The first-order valence-corrected chi connectivity index (χ1v) is 8.28. The summed E-state index contributed by atoms with van der Waals surface area (Å²) in [6.07, 6.45) is 7.08. The number of nitrogens with zero attached hydrogens (tertiary/aromatic N) is 3. The Kier molecular flexibility index (Phi) is 7.24. The Bertz CT molecular complexity index is 784. The molecule has 0 spiro atoms. The van der Waals surface area contributed by atoms with E-state index in [-0.39, 0.29) is 23.0 Å². The molecule has 2 aromatic carbocycles. The molecule has 26 heavy (non-hydrogen) atoms. The van der Waals surface area contributed by atoms with Gasteiger partial charge >= 0.3 is 17.1 Å². The molecule has 1 heterocycles. The smallest absolute Gasteiger partial charge is 0.858 e. The molecule has 0 fully saturated rings. The van der Waals surface area contributed by atoms with Crippen LogP contribution in [-0.4, -0.2) is 21.4 Å². The second kappa shape index (κ2) is 9.40. The Morgan fingerprint density at radius 3 is 2.23 bits per heavy atom. The fraction of sp³-hybridized carbons (Fsp3) is 0.0526. The van der Waals surface area contributed by atoms with Gasteiger partial charge in [0.25, 0.3) is 0 Å². The Morgan fingerprint density at radius 2 is 1.69 bits per heavy atom. The molecular weight excluding hydrogens is 388 g/mol. The van der Waals surface area contributed by atoms with Crippen molar-refractivity contribution in [3.8, 4) is 0 Å². The van der Waals surface area contributed by atoms with E-state index in [2.05, 4.69) is 17.7 Å². The third-order valence-corrected chi connectivity index (χ3v) is 4.09. The topological polar surface area (TPSA) is 67.9 Å². The van der Waals surface area contributed by atoms with Crippen molar-refractivity contribution >= 4 is 18.5 Å². The first-order chi connectivity index (χ1) is 12.2. The normalized spacial score (nSPS) is 17.5. The van der Waals surface area contributed by atoms with Crippen molar-refractivity contribution in [1.82, 2.24) is 10.0 Å². The molecule has 134 valence electrons. The van der Waals surface area contributed by atoms with Crippen LogP contribution >= 0.6 is 12.6 Å². The quantitative estimate of drug-likeness (QED) is 0.264. The monoisotopic (exact) mass is 406 g/mol. The Labute approximate surface area is 169 Å². The molecule has 0 bridgehead atoms. The van der Waals surface area contributed by atoms with Gasteiger partial charge in [0, 0.05) is 5.56 Å². The largest absolute Gasteiger partial charge is 2.00 e. The Morgan fingerprint density at radius 1 is 1.08 bits per heavy atom. The summed E-state index contributed by atoms with van der Waals surface area (Å²) in [6, 6.07) is 19.5. The van der Waals surface area contributed by atoms with Gasteiger partial charge in [0.1, 0.15) is 0 Å². The fourth-order valence-corrected chi connectivity index (χ4v) is 2.61. The summed E-state index contributed by atoms with van der Waals surface area (Å²) in [5.74, 6) is 6.26. The van der Waals surface area contributed by atoms with E-state index in [0.717, 1.165) is 5.56 Å². The summed E-state index contributed by atoms with van der Waals surface area (Å²) in [5.41, 5.74) is 0.787. The molecular formula is C19H18FeN4OS. The van der Waals surface area contributed by atoms with Gasteiger partial charge in [-0.15, -0.1) is 12.6 Å². The molecule has 0 saturated heterocycles. The number of amidine groups is 1. The van der Waals surface area contributed by atoms with Crippen LogP contribution < -0.4 is 10.9 Å². The van der Waals surface area contributed by atoms with Gasteiger partial charge in [-0.3, -0.25) is 5.01 Å². The molecule has 1 unspecified atom stereocenters. The summed E-state index contributed by atoms with van der Waals surface area (Å²) in [4.78, 5) is 0. The number of benzene rings is 1. The maximum absolute atomic E-state index is 12.3. The molecule has 1 atom stereocenters. The second-order valence-corrected chi connectivity index (χ2v) is 5.79. The van der Waals surface area contributed by atoms with E-state index >= 15 is 0 Å². The molecule has 5 nitrogen and oxygen atoms in total. The van der Waals surface area contributed by atoms with Crippen molar-refractivity contribution in [1.29, 1.82) is 0 Å². The van der Waals surface area contributed by atoms with Crippen LogP contribution in [0.1, 0.15) is 5.56 Å². The van der Waals surface area contributed by atoms with Crippen molar-refractivity contribution in [2.75, 3.05) is 0 Å². The molecule has 0 amide bonds. The number of rotatable bonds is 2. The maximum Gasteiger partial charge on any atom is 2.00 e. The van der Waals surface area contributed by atoms with Crippen molar-refractivity contribution in [3.63, 3.8) is 0 Å². The zero-order valence-corrected chi connectivity index (χ0v) is 15.8. The van der Waals surface area contributed by atoms with Crippen molar-refractivity contribution in [2.24, 2.45) is 10.9 Å². The second-order valence-electron chi connectivity index (χ2n) is 5.33. The van der Waals surface area contributed by atoms with E-state index in [0.29, 0.717) is 11.4 Å². The Hall–Kier alpha value is -2.31. The van der Waals surface area contributed by atoms with Crippen molar-refractivity contribution in [2.45, 2.75) is 5.50 Å². The van der Waals surface area contributed by atoms with Gasteiger partial charge in [-0.1, -0.05) is 54.6 Å². The van der Waals surface area contributed by atoms with Crippen LogP contribution in [0, 0.1) is 0 Å². The fourth-order valence-electron chi connectivity index (χ4n) is 2.35. The van der Waals surface area contributed by atoms with Gasteiger partial charge in [0.2, 0.25) is 0 Å². The molecule has 0 saturated carbocycles. The molecule has 4 rings (SSSR count). The Balaban J connectivity index is 0.000000351. The number of hydrogen-bond acceptors (Lipinski definition) is 6. The van der Waals surface area contributed by atoms with Gasteiger partial charge in [0.15, 0.2) is 11.3 Å². The predicted octanol–water partition coefficient (Wildman–Crippen LogP) is 2.15. The van der Waals surface area contributed by atoms with Crippen LogP contribution in [0.5, 0.6) is 0 Å². The predicted molar refractivity (Wildman–Crippen MR) is 101 cm³/mol. The molecule has 0 aromatic heterocycles. The average Bonchev–Trinajstić information content (AvgIpc) is 3.41. The minimum atomic E-state index is -0.618. The summed E-state index contributed by atoms with van der Waals surface area (Å²) in [6.45, 7) is 0. The van der Waals surface area contributed by atoms with Crippen LogP contribution in [0.4, 0.5) is 0 Å². The molecule has 1 aliphatic carbocycles.